The van der Waals surface area contributed by atoms with E-state index < -0.39 is 0 Å². The fraction of sp³-hybridized carbons (Fsp3) is 0.200. The number of rotatable bonds is 2. The number of hydrogen-bond acceptors (Lipinski definition) is 4. The van der Waals surface area contributed by atoms with Crippen molar-refractivity contribution in [3.63, 3.8) is 0 Å². The molecule has 0 radical (unpaired) electrons. The Balaban J connectivity index is 1.75. The molecule has 0 saturated carbocycles. The Morgan fingerprint density at radius 3 is 2.95 bits per heavy atom. The molecule has 0 unspecified atom stereocenters. The first-order valence-corrected chi connectivity index (χ1v) is 8.57. The molecule has 0 fully saturated rings. The van der Waals surface area contributed by atoms with Crippen LogP contribution in [0.5, 0.6) is 0 Å². The van der Waals surface area contributed by atoms with Gasteiger partial charge in [0.1, 0.15) is 9.86 Å². The molecule has 2 nitrogen and oxygen atoms in total. The van der Waals surface area contributed by atoms with Crippen LogP contribution in [-0.4, -0.2) is 9.97 Å². The van der Waals surface area contributed by atoms with E-state index in [9.17, 15) is 0 Å². The number of aromatic nitrogens is 2. The molecule has 3 aromatic rings. The smallest absolute Gasteiger partial charge is 0.210 e. The van der Waals surface area contributed by atoms with E-state index in [1.54, 1.807) is 23.1 Å². The number of nitrogens with zero attached hydrogens (tertiary/aromatic N) is 2. The molecule has 2 aromatic heterocycles. The molecule has 20 heavy (non-hydrogen) atoms. The van der Waals surface area contributed by atoms with Crippen LogP contribution in [0.2, 0.25) is 5.28 Å². The zero-order valence-corrected chi connectivity index (χ0v) is 13.0. The van der Waals surface area contributed by atoms with Gasteiger partial charge in [0, 0.05) is 10.3 Å². The number of thiophene rings is 1. The van der Waals surface area contributed by atoms with Crippen molar-refractivity contribution in [3.8, 4) is 0 Å². The van der Waals surface area contributed by atoms with Gasteiger partial charge < -0.3 is 0 Å². The van der Waals surface area contributed by atoms with Gasteiger partial charge in [-0.2, -0.15) is 0 Å². The molecule has 0 aliphatic heterocycles. The van der Waals surface area contributed by atoms with Gasteiger partial charge in [-0.3, -0.25) is 0 Å². The number of benzene rings is 1. The predicted octanol–water partition coefficient (Wildman–Crippen LogP) is 4.98. The maximum absolute atomic E-state index is 6.01. The highest BCUT2D eigenvalue weighted by atomic mass is 35.5. The van der Waals surface area contributed by atoms with E-state index in [0.717, 1.165) is 15.2 Å². The molecule has 0 spiro atoms. The summed E-state index contributed by atoms with van der Waals surface area (Å²) in [6.07, 6.45) is 3.69. The molecule has 1 aliphatic carbocycles. The fourth-order valence-electron chi connectivity index (χ4n) is 2.60. The lowest BCUT2D eigenvalue weighted by Crippen LogP contribution is -1.87. The summed E-state index contributed by atoms with van der Waals surface area (Å²) in [5.41, 5.74) is 2.98. The van der Waals surface area contributed by atoms with Gasteiger partial charge in [0.2, 0.25) is 5.28 Å². The van der Waals surface area contributed by atoms with Gasteiger partial charge in [0.05, 0.1) is 0 Å². The van der Waals surface area contributed by atoms with E-state index >= 15 is 0 Å². The lowest BCUT2D eigenvalue weighted by atomic mass is 10.1. The summed E-state index contributed by atoms with van der Waals surface area (Å²) < 4.78 is 0. The van der Waals surface area contributed by atoms with Crippen LogP contribution >= 0.6 is 34.7 Å². The summed E-state index contributed by atoms with van der Waals surface area (Å²) in [6, 6.07) is 8.79. The Morgan fingerprint density at radius 2 is 2.00 bits per heavy atom. The molecule has 0 N–H and O–H groups in total. The van der Waals surface area contributed by atoms with Gasteiger partial charge in [-0.15, -0.1) is 11.3 Å². The largest absolute Gasteiger partial charge is 0.224 e. The van der Waals surface area contributed by atoms with Crippen molar-refractivity contribution in [2.24, 2.45) is 0 Å². The zero-order valence-electron chi connectivity index (χ0n) is 10.6. The minimum absolute atomic E-state index is 0.323. The second-order valence-electron chi connectivity index (χ2n) is 4.82. The van der Waals surface area contributed by atoms with Crippen molar-refractivity contribution < 1.29 is 0 Å². The molecule has 4 rings (SSSR count). The maximum Gasteiger partial charge on any atom is 0.224 e. The normalized spacial score (nSPS) is 13.8. The molecular weight excluding hydrogens is 308 g/mol. The summed E-state index contributed by atoms with van der Waals surface area (Å²) in [5.74, 6) is 0. The molecule has 2 heterocycles. The average Bonchev–Trinajstić information content (AvgIpc) is 3.05. The van der Waals surface area contributed by atoms with E-state index in [-0.39, 0.29) is 0 Å². The second-order valence-corrected chi connectivity index (χ2v) is 7.12. The van der Waals surface area contributed by atoms with Crippen LogP contribution in [0.25, 0.3) is 10.2 Å². The van der Waals surface area contributed by atoms with Crippen molar-refractivity contribution in [1.82, 2.24) is 9.97 Å². The first-order valence-electron chi connectivity index (χ1n) is 6.50. The van der Waals surface area contributed by atoms with E-state index in [1.165, 1.54) is 35.3 Å². The lowest BCUT2D eigenvalue weighted by Gasteiger charge is -2.05. The minimum Gasteiger partial charge on any atom is -0.210 e. The Bertz CT molecular complexity index is 798. The Hall–Kier alpha value is -1.10. The quantitative estimate of drug-likeness (QED) is 0.492. The van der Waals surface area contributed by atoms with Gasteiger partial charge in [-0.1, -0.05) is 17.8 Å². The standard InChI is InChI=1S/C15H11ClN2S2/c16-15-17-13-12(6-7-19-13)14(18-15)20-11-5-4-9-2-1-3-10(9)8-11/h4-8H,1-3H2. The van der Waals surface area contributed by atoms with Gasteiger partial charge in [-0.05, 0) is 65.6 Å². The second kappa shape index (κ2) is 5.02. The van der Waals surface area contributed by atoms with Crippen LogP contribution in [0, 0.1) is 0 Å². The molecule has 0 atom stereocenters. The molecule has 1 aliphatic rings. The third kappa shape index (κ3) is 2.22. The molecule has 0 bridgehead atoms. The highest BCUT2D eigenvalue weighted by molar-refractivity contribution is 7.99. The van der Waals surface area contributed by atoms with Gasteiger partial charge >= 0.3 is 0 Å². The minimum atomic E-state index is 0.323. The summed E-state index contributed by atoms with van der Waals surface area (Å²) >= 11 is 9.28. The van der Waals surface area contributed by atoms with Crippen LogP contribution in [-0.2, 0) is 12.8 Å². The summed E-state index contributed by atoms with van der Waals surface area (Å²) in [4.78, 5) is 10.8. The van der Waals surface area contributed by atoms with Crippen molar-refractivity contribution in [1.29, 1.82) is 0 Å². The number of halogens is 1. The molecule has 5 heteroatoms. The van der Waals surface area contributed by atoms with Crippen LogP contribution in [0.15, 0.2) is 39.6 Å². The third-order valence-corrected chi connectivity index (χ3v) is 5.52. The Morgan fingerprint density at radius 1 is 1.10 bits per heavy atom. The van der Waals surface area contributed by atoms with E-state index in [2.05, 4.69) is 34.2 Å². The first-order chi connectivity index (χ1) is 9.79. The fourth-order valence-corrected chi connectivity index (χ4v) is 4.67. The maximum atomic E-state index is 6.01. The summed E-state index contributed by atoms with van der Waals surface area (Å²) in [7, 11) is 0. The lowest BCUT2D eigenvalue weighted by molar-refractivity contribution is 0.911. The van der Waals surface area contributed by atoms with Crippen LogP contribution in [0.1, 0.15) is 17.5 Å². The monoisotopic (exact) mass is 318 g/mol. The number of fused-ring (bicyclic) bond motifs is 2. The van der Waals surface area contributed by atoms with Crippen molar-refractivity contribution >= 4 is 44.9 Å². The van der Waals surface area contributed by atoms with E-state index in [1.807, 2.05) is 5.38 Å². The van der Waals surface area contributed by atoms with E-state index in [4.69, 9.17) is 11.6 Å². The van der Waals surface area contributed by atoms with Crippen LogP contribution < -0.4 is 0 Å². The predicted molar refractivity (Wildman–Crippen MR) is 85.0 cm³/mol. The zero-order chi connectivity index (χ0) is 13.5. The number of hydrogen-bond donors (Lipinski definition) is 0. The molecule has 100 valence electrons. The van der Waals surface area contributed by atoms with E-state index in [0.29, 0.717) is 5.28 Å². The van der Waals surface area contributed by atoms with Crippen molar-refractivity contribution in [2.45, 2.75) is 29.2 Å². The van der Waals surface area contributed by atoms with Crippen LogP contribution in [0.4, 0.5) is 0 Å². The van der Waals surface area contributed by atoms with Crippen molar-refractivity contribution in [2.75, 3.05) is 0 Å². The Labute approximate surface area is 130 Å². The van der Waals surface area contributed by atoms with Crippen LogP contribution in [0.3, 0.4) is 0 Å². The Kier molecular flexibility index (Phi) is 3.17. The molecule has 0 amide bonds. The molecular formula is C15H11ClN2S2. The topological polar surface area (TPSA) is 25.8 Å². The highest BCUT2D eigenvalue weighted by Gasteiger charge is 2.13. The first kappa shape index (κ1) is 12.6. The third-order valence-electron chi connectivity index (χ3n) is 3.55. The average molecular weight is 319 g/mol. The number of aryl methyl sites for hydroxylation is 2. The van der Waals surface area contributed by atoms with Gasteiger partial charge in [-0.25, -0.2) is 9.97 Å². The SMILES string of the molecule is Clc1nc(Sc2ccc3c(c2)CCC3)c2ccsc2n1. The molecule has 1 aromatic carbocycles. The molecule has 0 saturated heterocycles. The summed E-state index contributed by atoms with van der Waals surface area (Å²) in [5, 5.41) is 4.38. The highest BCUT2D eigenvalue weighted by Crippen LogP contribution is 2.36. The van der Waals surface area contributed by atoms with Gasteiger partial charge in [0.15, 0.2) is 0 Å². The summed E-state index contributed by atoms with van der Waals surface area (Å²) in [6.45, 7) is 0. The van der Waals surface area contributed by atoms with Crippen molar-refractivity contribution in [3.05, 3.63) is 46.1 Å². The van der Waals surface area contributed by atoms with Gasteiger partial charge in [0.25, 0.3) is 0 Å².